The van der Waals surface area contributed by atoms with E-state index in [4.69, 9.17) is 10.5 Å². The van der Waals surface area contributed by atoms with Crippen LogP contribution in [-0.2, 0) is 0 Å². The Morgan fingerprint density at radius 1 is 1.15 bits per heavy atom. The van der Waals surface area contributed by atoms with E-state index in [9.17, 15) is 10.1 Å². The Bertz CT molecular complexity index is 666. The van der Waals surface area contributed by atoms with Gasteiger partial charge in [0.2, 0.25) is 5.75 Å². The Hall–Kier alpha value is -2.08. The lowest BCUT2D eigenvalue weighted by Crippen LogP contribution is -2.00. The Balaban J connectivity index is 2.59. The molecule has 0 aliphatic rings. The van der Waals surface area contributed by atoms with Crippen molar-refractivity contribution in [1.29, 1.82) is 0 Å². The molecule has 2 rings (SSSR count). The quantitative estimate of drug-likeness (QED) is 0.513. The van der Waals surface area contributed by atoms with E-state index in [1.165, 1.54) is 6.07 Å². The highest BCUT2D eigenvalue weighted by atomic mass is 79.9. The third-order valence-electron chi connectivity index (χ3n) is 2.91. The molecule has 0 fully saturated rings. The largest absolute Gasteiger partial charge is 0.448 e. The van der Waals surface area contributed by atoms with Gasteiger partial charge in [-0.3, -0.25) is 10.1 Å². The van der Waals surface area contributed by atoms with Gasteiger partial charge in [-0.2, -0.15) is 0 Å². The first-order valence-corrected chi connectivity index (χ1v) is 6.67. The molecule has 0 bridgehead atoms. The minimum atomic E-state index is -0.539. The molecule has 0 saturated carbocycles. The lowest BCUT2D eigenvalue weighted by molar-refractivity contribution is -0.384. The highest BCUT2D eigenvalue weighted by Gasteiger charge is 2.24. The Kier molecular flexibility index (Phi) is 3.94. The smallest absolute Gasteiger partial charge is 0.335 e. The van der Waals surface area contributed by atoms with Crippen LogP contribution in [0.3, 0.4) is 0 Å². The second-order valence-corrected chi connectivity index (χ2v) is 5.25. The molecule has 6 heteroatoms. The summed E-state index contributed by atoms with van der Waals surface area (Å²) in [6, 6.07) is 8.77. The fourth-order valence-electron chi connectivity index (χ4n) is 1.91. The normalized spacial score (nSPS) is 10.3. The first-order chi connectivity index (χ1) is 9.41. The maximum absolute atomic E-state index is 11.2. The molecule has 2 aromatic rings. The van der Waals surface area contributed by atoms with Crippen LogP contribution in [0.15, 0.2) is 34.8 Å². The fourth-order valence-corrected chi connectivity index (χ4v) is 2.31. The Morgan fingerprint density at radius 2 is 1.75 bits per heavy atom. The summed E-state index contributed by atoms with van der Waals surface area (Å²) in [5.74, 6) is 0.717. The van der Waals surface area contributed by atoms with Crippen LogP contribution >= 0.6 is 15.9 Å². The summed E-state index contributed by atoms with van der Waals surface area (Å²) in [5, 5.41) is 11.2. The number of nitro groups is 1. The maximum Gasteiger partial charge on any atom is 0.335 e. The number of hydrogen-bond donors (Lipinski definition) is 1. The molecule has 0 atom stereocenters. The van der Waals surface area contributed by atoms with E-state index < -0.39 is 4.92 Å². The first-order valence-electron chi connectivity index (χ1n) is 5.88. The van der Waals surface area contributed by atoms with Crippen molar-refractivity contribution in [2.24, 2.45) is 0 Å². The summed E-state index contributed by atoms with van der Waals surface area (Å²) in [4.78, 5) is 10.6. The van der Waals surface area contributed by atoms with Crippen LogP contribution in [0.25, 0.3) is 0 Å². The monoisotopic (exact) mass is 336 g/mol. The molecule has 0 spiro atoms. The van der Waals surface area contributed by atoms with Crippen LogP contribution in [0, 0.1) is 24.0 Å². The van der Waals surface area contributed by atoms with Crippen LogP contribution in [0.2, 0.25) is 0 Å². The van der Waals surface area contributed by atoms with Crippen molar-refractivity contribution < 1.29 is 9.66 Å². The molecule has 0 saturated heterocycles. The minimum absolute atomic E-state index is 0.0689. The molecule has 0 heterocycles. The molecule has 0 radical (unpaired) electrons. The number of aryl methyl sites for hydroxylation is 2. The van der Waals surface area contributed by atoms with E-state index in [0.717, 1.165) is 11.1 Å². The van der Waals surface area contributed by atoms with E-state index in [1.54, 1.807) is 6.07 Å². The van der Waals surface area contributed by atoms with Crippen LogP contribution < -0.4 is 10.5 Å². The van der Waals surface area contributed by atoms with E-state index in [-0.39, 0.29) is 17.1 Å². The average Bonchev–Trinajstić information content (AvgIpc) is 2.37. The molecular formula is C14H13BrN2O3. The van der Waals surface area contributed by atoms with Crippen molar-refractivity contribution in [1.82, 2.24) is 0 Å². The van der Waals surface area contributed by atoms with Crippen molar-refractivity contribution in [3.8, 4) is 11.5 Å². The van der Waals surface area contributed by atoms with E-state index in [1.807, 2.05) is 32.0 Å². The molecule has 2 N–H and O–H groups in total. The van der Waals surface area contributed by atoms with Gasteiger partial charge in [0.25, 0.3) is 0 Å². The standard InChI is InChI=1S/C14H13BrN2O3/c1-8-4-3-5-9(2)13(8)20-14-10(15)6-7-11(16)12(14)17(18)19/h3-7H,16H2,1-2H3. The number of ether oxygens (including phenoxy) is 1. The van der Waals surface area contributed by atoms with Gasteiger partial charge in [0.1, 0.15) is 11.4 Å². The molecule has 2 aromatic carbocycles. The zero-order chi connectivity index (χ0) is 14.9. The number of nitrogens with zero attached hydrogens (tertiary/aromatic N) is 1. The summed E-state index contributed by atoms with van der Waals surface area (Å²) >= 11 is 3.27. The summed E-state index contributed by atoms with van der Waals surface area (Å²) in [5.41, 5.74) is 7.31. The zero-order valence-electron chi connectivity index (χ0n) is 11.0. The number of nitro benzene ring substituents is 1. The van der Waals surface area contributed by atoms with Gasteiger partial charge in [0, 0.05) is 0 Å². The molecule has 5 nitrogen and oxygen atoms in total. The van der Waals surface area contributed by atoms with Crippen molar-refractivity contribution in [3.05, 3.63) is 56.0 Å². The topological polar surface area (TPSA) is 78.4 Å². The minimum Gasteiger partial charge on any atom is -0.448 e. The number of halogens is 1. The molecule has 0 aliphatic carbocycles. The number of nitrogen functional groups attached to an aromatic ring is 1. The number of benzene rings is 2. The predicted molar refractivity (Wildman–Crippen MR) is 81.2 cm³/mol. The lowest BCUT2D eigenvalue weighted by atomic mass is 10.1. The van der Waals surface area contributed by atoms with Gasteiger partial charge in [-0.05, 0) is 53.0 Å². The number of rotatable bonds is 3. The van der Waals surface area contributed by atoms with Crippen LogP contribution in [-0.4, -0.2) is 4.92 Å². The molecule has 0 amide bonds. The molecular weight excluding hydrogens is 324 g/mol. The molecule has 0 aliphatic heterocycles. The Morgan fingerprint density at radius 3 is 2.30 bits per heavy atom. The molecule has 0 unspecified atom stereocenters. The average molecular weight is 337 g/mol. The predicted octanol–water partition coefficient (Wildman–Crippen LogP) is 4.35. The van der Waals surface area contributed by atoms with E-state index >= 15 is 0 Å². The number of anilines is 1. The highest BCUT2D eigenvalue weighted by molar-refractivity contribution is 9.10. The summed E-state index contributed by atoms with van der Waals surface area (Å²) in [7, 11) is 0. The maximum atomic E-state index is 11.2. The van der Waals surface area contributed by atoms with Gasteiger partial charge in [0.15, 0.2) is 0 Å². The number of para-hydroxylation sites is 1. The van der Waals surface area contributed by atoms with Gasteiger partial charge >= 0.3 is 5.69 Å². The van der Waals surface area contributed by atoms with Crippen molar-refractivity contribution in [3.63, 3.8) is 0 Å². The van der Waals surface area contributed by atoms with Gasteiger partial charge in [-0.1, -0.05) is 18.2 Å². The molecule has 0 aromatic heterocycles. The van der Waals surface area contributed by atoms with Crippen molar-refractivity contribution >= 4 is 27.3 Å². The first kappa shape index (κ1) is 14.3. The summed E-state index contributed by atoms with van der Waals surface area (Å²) < 4.78 is 6.26. The third-order valence-corrected chi connectivity index (χ3v) is 3.53. The number of nitrogens with two attached hydrogens (primary N) is 1. The van der Waals surface area contributed by atoms with Gasteiger partial charge in [-0.25, -0.2) is 0 Å². The van der Waals surface area contributed by atoms with Crippen LogP contribution in [0.1, 0.15) is 11.1 Å². The molecule has 20 heavy (non-hydrogen) atoms. The zero-order valence-corrected chi connectivity index (χ0v) is 12.6. The van der Waals surface area contributed by atoms with Crippen LogP contribution in [0.5, 0.6) is 11.5 Å². The van der Waals surface area contributed by atoms with Crippen molar-refractivity contribution in [2.75, 3.05) is 5.73 Å². The third kappa shape index (κ3) is 2.60. The Labute approximate surface area is 124 Å². The SMILES string of the molecule is Cc1cccc(C)c1Oc1c(Br)ccc(N)c1[N+](=O)[O-]. The summed E-state index contributed by atoms with van der Waals surface area (Å²) in [6.07, 6.45) is 0. The van der Waals surface area contributed by atoms with Gasteiger partial charge < -0.3 is 10.5 Å². The van der Waals surface area contributed by atoms with E-state index in [2.05, 4.69) is 15.9 Å². The van der Waals surface area contributed by atoms with Crippen molar-refractivity contribution in [2.45, 2.75) is 13.8 Å². The second kappa shape index (κ2) is 5.50. The molecule has 104 valence electrons. The lowest BCUT2D eigenvalue weighted by Gasteiger charge is -2.13. The fraction of sp³-hybridized carbons (Fsp3) is 0.143. The highest BCUT2D eigenvalue weighted by Crippen LogP contribution is 2.43. The van der Waals surface area contributed by atoms with Gasteiger partial charge in [-0.15, -0.1) is 0 Å². The number of hydrogen-bond acceptors (Lipinski definition) is 4. The second-order valence-electron chi connectivity index (χ2n) is 4.39. The summed E-state index contributed by atoms with van der Waals surface area (Å²) in [6.45, 7) is 3.77. The van der Waals surface area contributed by atoms with Crippen LogP contribution in [0.4, 0.5) is 11.4 Å². The van der Waals surface area contributed by atoms with Gasteiger partial charge in [0.05, 0.1) is 9.40 Å². The van der Waals surface area contributed by atoms with E-state index in [0.29, 0.717) is 10.2 Å².